The Hall–Kier alpha value is -0.570. The maximum Gasteiger partial charge on any atom is 0.309 e. The summed E-state index contributed by atoms with van der Waals surface area (Å²) in [5.74, 6) is -0.588. The zero-order chi connectivity index (χ0) is 13.1. The molecular weight excluding hydrogens is 214 g/mol. The van der Waals surface area contributed by atoms with Gasteiger partial charge >= 0.3 is 5.97 Å². The van der Waals surface area contributed by atoms with E-state index < -0.39 is 11.4 Å². The first-order valence-electron chi connectivity index (χ1n) is 6.75. The Morgan fingerprint density at radius 2 is 1.82 bits per heavy atom. The van der Waals surface area contributed by atoms with Gasteiger partial charge in [-0.15, -0.1) is 0 Å². The fraction of sp³-hybridized carbons (Fsp3) is 0.929. The Bertz CT molecular complexity index is 260. The van der Waals surface area contributed by atoms with Crippen molar-refractivity contribution < 1.29 is 9.90 Å². The van der Waals surface area contributed by atoms with Crippen LogP contribution in [0.5, 0.6) is 0 Å². The van der Waals surface area contributed by atoms with E-state index in [4.69, 9.17) is 0 Å². The van der Waals surface area contributed by atoms with Gasteiger partial charge in [0, 0.05) is 6.54 Å². The highest BCUT2D eigenvalue weighted by atomic mass is 16.4. The lowest BCUT2D eigenvalue weighted by atomic mass is 9.74. The molecule has 3 heteroatoms. The van der Waals surface area contributed by atoms with Gasteiger partial charge in [0.05, 0.1) is 5.41 Å². The van der Waals surface area contributed by atoms with Crippen molar-refractivity contribution in [3.63, 3.8) is 0 Å². The number of hydrogen-bond acceptors (Lipinski definition) is 2. The molecule has 17 heavy (non-hydrogen) atoms. The van der Waals surface area contributed by atoms with Crippen LogP contribution >= 0.6 is 0 Å². The van der Waals surface area contributed by atoms with Crippen LogP contribution < -0.4 is 0 Å². The van der Waals surface area contributed by atoms with Crippen molar-refractivity contribution in [3.05, 3.63) is 0 Å². The van der Waals surface area contributed by atoms with Gasteiger partial charge < -0.3 is 10.0 Å². The van der Waals surface area contributed by atoms with E-state index in [0.29, 0.717) is 5.41 Å². The van der Waals surface area contributed by atoms with Crippen molar-refractivity contribution in [1.82, 2.24) is 4.90 Å². The maximum absolute atomic E-state index is 11.4. The van der Waals surface area contributed by atoms with Crippen molar-refractivity contribution >= 4 is 5.97 Å². The molecule has 0 aliphatic carbocycles. The molecule has 100 valence electrons. The molecule has 0 amide bonds. The first-order valence-corrected chi connectivity index (χ1v) is 6.75. The summed E-state index contributed by atoms with van der Waals surface area (Å²) in [7, 11) is 0. The van der Waals surface area contributed by atoms with E-state index in [2.05, 4.69) is 32.6 Å². The van der Waals surface area contributed by atoms with Gasteiger partial charge in [0.25, 0.3) is 0 Å². The normalized spacial score (nSPS) is 21.4. The van der Waals surface area contributed by atoms with Crippen LogP contribution in [-0.4, -0.2) is 35.6 Å². The number of likely N-dealkylation sites (tertiary alicyclic amines) is 1. The van der Waals surface area contributed by atoms with E-state index in [1.54, 1.807) is 0 Å². The lowest BCUT2D eigenvalue weighted by Crippen LogP contribution is -2.46. The van der Waals surface area contributed by atoms with E-state index in [0.717, 1.165) is 45.3 Å². The van der Waals surface area contributed by atoms with Crippen LogP contribution in [0.1, 0.15) is 53.4 Å². The van der Waals surface area contributed by atoms with Crippen molar-refractivity contribution in [2.45, 2.75) is 53.4 Å². The van der Waals surface area contributed by atoms with Crippen molar-refractivity contribution in [2.75, 3.05) is 19.6 Å². The predicted octanol–water partition coefficient (Wildman–Crippen LogP) is 3.00. The number of carbonyl (C=O) groups is 1. The van der Waals surface area contributed by atoms with Gasteiger partial charge in [0.2, 0.25) is 0 Å². The summed E-state index contributed by atoms with van der Waals surface area (Å²) in [4.78, 5) is 13.9. The Kier molecular flexibility index (Phi) is 4.59. The molecule has 0 aromatic heterocycles. The summed E-state index contributed by atoms with van der Waals surface area (Å²) in [6.45, 7) is 11.7. The molecular formula is C14H27NO2. The fourth-order valence-electron chi connectivity index (χ4n) is 2.86. The summed E-state index contributed by atoms with van der Waals surface area (Å²) in [6, 6.07) is 0. The number of nitrogens with zero attached hydrogens (tertiary/aromatic N) is 1. The minimum Gasteiger partial charge on any atom is -0.481 e. The largest absolute Gasteiger partial charge is 0.481 e. The van der Waals surface area contributed by atoms with Crippen molar-refractivity contribution in [2.24, 2.45) is 10.8 Å². The second-order valence-corrected chi connectivity index (χ2v) is 6.67. The second kappa shape index (κ2) is 5.38. The third-order valence-electron chi connectivity index (χ3n) is 3.69. The van der Waals surface area contributed by atoms with Gasteiger partial charge in [-0.25, -0.2) is 0 Å². The Balaban J connectivity index is 2.56. The maximum atomic E-state index is 11.4. The van der Waals surface area contributed by atoms with Crippen LogP contribution in [0.4, 0.5) is 0 Å². The second-order valence-electron chi connectivity index (χ2n) is 6.67. The third kappa shape index (κ3) is 3.98. The smallest absolute Gasteiger partial charge is 0.309 e. The highest BCUT2D eigenvalue weighted by molar-refractivity contribution is 5.74. The average molecular weight is 241 g/mol. The average Bonchev–Trinajstić information content (AvgIpc) is 2.19. The molecule has 0 saturated carbocycles. The SMILES string of the molecule is CCCC1(C(=O)O)CCN(CC(C)(C)C)CC1. The van der Waals surface area contributed by atoms with E-state index in [-0.39, 0.29) is 0 Å². The van der Waals surface area contributed by atoms with E-state index in [9.17, 15) is 9.90 Å². The van der Waals surface area contributed by atoms with E-state index in [1.807, 2.05) is 0 Å². The number of rotatable bonds is 4. The minimum atomic E-state index is -0.588. The Morgan fingerprint density at radius 3 is 2.18 bits per heavy atom. The molecule has 0 radical (unpaired) electrons. The highest BCUT2D eigenvalue weighted by Gasteiger charge is 2.40. The predicted molar refractivity (Wildman–Crippen MR) is 70.1 cm³/mol. The quantitative estimate of drug-likeness (QED) is 0.822. The molecule has 1 aliphatic heterocycles. The number of hydrogen-bond donors (Lipinski definition) is 1. The summed E-state index contributed by atoms with van der Waals surface area (Å²) in [5, 5.41) is 9.42. The lowest BCUT2D eigenvalue weighted by Gasteiger charge is -2.41. The Labute approximate surface area is 105 Å². The zero-order valence-electron chi connectivity index (χ0n) is 11.8. The van der Waals surface area contributed by atoms with Gasteiger partial charge in [-0.05, 0) is 37.8 Å². The van der Waals surface area contributed by atoms with Crippen molar-refractivity contribution in [3.8, 4) is 0 Å². The molecule has 1 saturated heterocycles. The molecule has 0 spiro atoms. The monoisotopic (exact) mass is 241 g/mol. The minimum absolute atomic E-state index is 0.300. The lowest BCUT2D eigenvalue weighted by molar-refractivity contribution is -0.152. The molecule has 1 fully saturated rings. The molecule has 1 rings (SSSR count). The molecule has 0 bridgehead atoms. The first-order chi connectivity index (χ1) is 7.79. The van der Waals surface area contributed by atoms with E-state index in [1.165, 1.54) is 0 Å². The number of carboxylic acids is 1. The van der Waals surface area contributed by atoms with Crippen LogP contribution in [0.25, 0.3) is 0 Å². The Morgan fingerprint density at radius 1 is 1.29 bits per heavy atom. The van der Waals surface area contributed by atoms with Gasteiger partial charge in [0.15, 0.2) is 0 Å². The van der Waals surface area contributed by atoms with E-state index >= 15 is 0 Å². The van der Waals surface area contributed by atoms with Crippen LogP contribution in [0.15, 0.2) is 0 Å². The molecule has 0 aromatic rings. The van der Waals surface area contributed by atoms with Crippen LogP contribution in [-0.2, 0) is 4.79 Å². The molecule has 0 atom stereocenters. The molecule has 0 aromatic carbocycles. The van der Waals surface area contributed by atoms with Crippen LogP contribution in [0, 0.1) is 10.8 Å². The molecule has 1 aliphatic rings. The molecule has 3 nitrogen and oxygen atoms in total. The topological polar surface area (TPSA) is 40.5 Å². The van der Waals surface area contributed by atoms with Crippen LogP contribution in [0.3, 0.4) is 0 Å². The zero-order valence-corrected chi connectivity index (χ0v) is 11.8. The summed E-state index contributed by atoms with van der Waals surface area (Å²) < 4.78 is 0. The standard InChI is InChI=1S/C14H27NO2/c1-5-6-14(12(16)17)7-9-15(10-8-14)11-13(2,3)4/h5-11H2,1-4H3,(H,16,17). The number of aliphatic carboxylic acids is 1. The first kappa shape index (κ1) is 14.5. The summed E-state index contributed by atoms with van der Waals surface area (Å²) in [5.41, 5.74) is -0.142. The van der Waals surface area contributed by atoms with Crippen LogP contribution in [0.2, 0.25) is 0 Å². The van der Waals surface area contributed by atoms with Gasteiger partial charge in [-0.3, -0.25) is 4.79 Å². The molecule has 0 unspecified atom stereocenters. The molecule has 1 N–H and O–H groups in total. The highest BCUT2D eigenvalue weighted by Crippen LogP contribution is 2.37. The van der Waals surface area contributed by atoms with Gasteiger partial charge in [0.1, 0.15) is 0 Å². The van der Waals surface area contributed by atoms with Gasteiger partial charge in [-0.2, -0.15) is 0 Å². The van der Waals surface area contributed by atoms with Gasteiger partial charge in [-0.1, -0.05) is 34.1 Å². The molecule has 1 heterocycles. The summed E-state index contributed by atoms with van der Waals surface area (Å²) in [6.07, 6.45) is 3.41. The summed E-state index contributed by atoms with van der Waals surface area (Å²) >= 11 is 0. The fourth-order valence-corrected chi connectivity index (χ4v) is 2.86. The third-order valence-corrected chi connectivity index (χ3v) is 3.69. The number of piperidine rings is 1. The number of carboxylic acid groups (broad SMARTS) is 1. The van der Waals surface area contributed by atoms with Crippen molar-refractivity contribution in [1.29, 1.82) is 0 Å².